The predicted molar refractivity (Wildman–Crippen MR) is 53.6 cm³/mol. The number of hydrazine groups is 1. The summed E-state index contributed by atoms with van der Waals surface area (Å²) < 4.78 is 0. The van der Waals surface area contributed by atoms with E-state index in [9.17, 15) is 9.59 Å². The number of likely N-dealkylation sites (tertiary alicyclic amines) is 1. The topological polar surface area (TPSA) is 81.7 Å². The van der Waals surface area contributed by atoms with E-state index < -0.39 is 0 Å². The molecule has 0 radical (unpaired) electrons. The zero-order valence-corrected chi connectivity index (χ0v) is 8.82. The molecule has 1 saturated heterocycles. The zero-order valence-electron chi connectivity index (χ0n) is 8.82. The van der Waals surface area contributed by atoms with E-state index in [4.69, 9.17) is 5.11 Å². The first-order chi connectivity index (χ1) is 7.13. The molecule has 6 nitrogen and oxygen atoms in total. The molecule has 1 heterocycles. The standard InChI is InChI=1S/C9H17N3O3/c1-7(14)10-11-9(15)5-12-4-2-3-8(12)6-13/h8,13H,2-6H2,1H3,(H,10,14)(H,11,15). The summed E-state index contributed by atoms with van der Waals surface area (Å²) in [6, 6.07) is 0.0769. The molecule has 2 amide bonds. The van der Waals surface area contributed by atoms with Gasteiger partial charge < -0.3 is 5.11 Å². The van der Waals surface area contributed by atoms with Gasteiger partial charge in [0.25, 0.3) is 5.91 Å². The normalized spacial score (nSPS) is 21.3. The fourth-order valence-electron chi connectivity index (χ4n) is 1.69. The monoisotopic (exact) mass is 215 g/mol. The van der Waals surface area contributed by atoms with Gasteiger partial charge in [-0.25, -0.2) is 0 Å². The van der Waals surface area contributed by atoms with Crippen LogP contribution in [0, 0.1) is 0 Å². The van der Waals surface area contributed by atoms with Gasteiger partial charge in [-0.3, -0.25) is 25.3 Å². The van der Waals surface area contributed by atoms with Crippen LogP contribution in [0.25, 0.3) is 0 Å². The number of hydrogen-bond donors (Lipinski definition) is 3. The molecule has 6 heteroatoms. The van der Waals surface area contributed by atoms with Crippen LogP contribution in [-0.4, -0.2) is 47.6 Å². The van der Waals surface area contributed by atoms with E-state index in [2.05, 4.69) is 10.9 Å². The van der Waals surface area contributed by atoms with Gasteiger partial charge in [-0.2, -0.15) is 0 Å². The summed E-state index contributed by atoms with van der Waals surface area (Å²) in [5.41, 5.74) is 4.52. The minimum absolute atomic E-state index is 0.0768. The third-order valence-electron chi connectivity index (χ3n) is 2.43. The minimum Gasteiger partial charge on any atom is -0.395 e. The molecule has 0 aromatic heterocycles. The fraction of sp³-hybridized carbons (Fsp3) is 0.778. The fourth-order valence-corrected chi connectivity index (χ4v) is 1.69. The van der Waals surface area contributed by atoms with Crippen molar-refractivity contribution in [3.63, 3.8) is 0 Å². The van der Waals surface area contributed by atoms with Gasteiger partial charge in [0.1, 0.15) is 0 Å². The van der Waals surface area contributed by atoms with Crippen molar-refractivity contribution in [1.29, 1.82) is 0 Å². The van der Waals surface area contributed by atoms with Crippen molar-refractivity contribution < 1.29 is 14.7 Å². The van der Waals surface area contributed by atoms with Crippen LogP contribution in [0.2, 0.25) is 0 Å². The Kier molecular flexibility index (Phi) is 4.51. The van der Waals surface area contributed by atoms with Crippen molar-refractivity contribution in [2.45, 2.75) is 25.8 Å². The minimum atomic E-state index is -0.302. The van der Waals surface area contributed by atoms with Crippen LogP contribution < -0.4 is 10.9 Å². The van der Waals surface area contributed by atoms with Crippen LogP contribution in [-0.2, 0) is 9.59 Å². The average molecular weight is 215 g/mol. The van der Waals surface area contributed by atoms with E-state index in [1.54, 1.807) is 0 Å². The zero-order chi connectivity index (χ0) is 11.3. The third-order valence-corrected chi connectivity index (χ3v) is 2.43. The van der Waals surface area contributed by atoms with Crippen LogP contribution in [0.15, 0.2) is 0 Å². The van der Waals surface area contributed by atoms with Crippen molar-refractivity contribution in [3.05, 3.63) is 0 Å². The number of rotatable bonds is 3. The molecule has 0 bridgehead atoms. The van der Waals surface area contributed by atoms with Crippen LogP contribution in [0.4, 0.5) is 0 Å². The summed E-state index contributed by atoms with van der Waals surface area (Å²) in [5, 5.41) is 9.02. The molecule has 0 spiro atoms. The lowest BCUT2D eigenvalue weighted by Crippen LogP contribution is -2.47. The number of hydrogen-bond acceptors (Lipinski definition) is 4. The average Bonchev–Trinajstić information content (AvgIpc) is 2.62. The van der Waals surface area contributed by atoms with E-state index >= 15 is 0 Å². The lowest BCUT2D eigenvalue weighted by Gasteiger charge is -2.21. The summed E-state index contributed by atoms with van der Waals surface area (Å²) in [6.07, 6.45) is 1.92. The molecule has 0 saturated carbocycles. The Bertz CT molecular complexity index is 245. The highest BCUT2D eigenvalue weighted by Crippen LogP contribution is 2.15. The van der Waals surface area contributed by atoms with E-state index in [1.807, 2.05) is 4.90 Å². The Hall–Kier alpha value is -1.14. The molecule has 1 atom stereocenters. The summed E-state index contributed by atoms with van der Waals surface area (Å²) in [7, 11) is 0. The van der Waals surface area contributed by atoms with Crippen molar-refractivity contribution >= 4 is 11.8 Å². The lowest BCUT2D eigenvalue weighted by molar-refractivity contribution is -0.128. The predicted octanol–water partition coefficient (Wildman–Crippen LogP) is -1.39. The molecule has 1 unspecified atom stereocenters. The maximum atomic E-state index is 11.3. The number of nitrogens with one attached hydrogen (secondary N) is 2. The quantitative estimate of drug-likeness (QED) is 0.506. The highest BCUT2D eigenvalue weighted by Gasteiger charge is 2.25. The van der Waals surface area contributed by atoms with Gasteiger partial charge in [-0.15, -0.1) is 0 Å². The highest BCUT2D eigenvalue weighted by molar-refractivity contribution is 5.81. The first kappa shape index (κ1) is 11.9. The van der Waals surface area contributed by atoms with E-state index in [0.29, 0.717) is 0 Å². The van der Waals surface area contributed by atoms with Gasteiger partial charge in [0.2, 0.25) is 5.91 Å². The largest absolute Gasteiger partial charge is 0.395 e. The first-order valence-corrected chi connectivity index (χ1v) is 5.04. The van der Waals surface area contributed by atoms with Gasteiger partial charge in [0.05, 0.1) is 13.2 Å². The van der Waals surface area contributed by atoms with Gasteiger partial charge in [-0.05, 0) is 19.4 Å². The molecule has 15 heavy (non-hydrogen) atoms. The molecule has 1 rings (SSSR count). The second-order valence-corrected chi connectivity index (χ2v) is 3.68. The number of aliphatic hydroxyl groups excluding tert-OH is 1. The molecule has 1 aliphatic heterocycles. The number of nitrogens with zero attached hydrogens (tertiary/aromatic N) is 1. The Morgan fingerprint density at radius 3 is 2.80 bits per heavy atom. The number of aliphatic hydroxyl groups is 1. The molecular formula is C9H17N3O3. The maximum Gasteiger partial charge on any atom is 0.252 e. The summed E-state index contributed by atoms with van der Waals surface area (Å²) in [5.74, 6) is -0.561. The molecule has 86 valence electrons. The number of amides is 2. The Morgan fingerprint density at radius 2 is 2.20 bits per heavy atom. The van der Waals surface area contributed by atoms with Crippen molar-refractivity contribution in [2.24, 2.45) is 0 Å². The second-order valence-electron chi connectivity index (χ2n) is 3.68. The molecule has 1 aliphatic rings. The molecule has 3 N–H and O–H groups in total. The Labute approximate surface area is 88.6 Å². The number of carbonyl (C=O) groups excluding carboxylic acids is 2. The van der Waals surface area contributed by atoms with Crippen molar-refractivity contribution in [1.82, 2.24) is 15.8 Å². The van der Waals surface area contributed by atoms with E-state index in [-0.39, 0.29) is 31.0 Å². The maximum absolute atomic E-state index is 11.3. The smallest absolute Gasteiger partial charge is 0.252 e. The molecular weight excluding hydrogens is 198 g/mol. The molecule has 0 aromatic carbocycles. The molecule has 0 aliphatic carbocycles. The van der Waals surface area contributed by atoms with Gasteiger partial charge >= 0.3 is 0 Å². The van der Waals surface area contributed by atoms with E-state index in [1.165, 1.54) is 6.92 Å². The van der Waals surface area contributed by atoms with Crippen LogP contribution >= 0.6 is 0 Å². The second kappa shape index (κ2) is 5.67. The van der Waals surface area contributed by atoms with Crippen LogP contribution in [0.3, 0.4) is 0 Å². The summed E-state index contributed by atoms with van der Waals surface area (Å²) in [4.78, 5) is 23.8. The van der Waals surface area contributed by atoms with Gasteiger partial charge in [0, 0.05) is 13.0 Å². The van der Waals surface area contributed by atoms with Gasteiger partial charge in [0.15, 0.2) is 0 Å². The Balaban J connectivity index is 2.27. The summed E-state index contributed by atoms with van der Waals surface area (Å²) >= 11 is 0. The third kappa shape index (κ3) is 3.85. The lowest BCUT2D eigenvalue weighted by atomic mass is 10.2. The highest BCUT2D eigenvalue weighted by atomic mass is 16.3. The van der Waals surface area contributed by atoms with Crippen molar-refractivity contribution in [2.75, 3.05) is 19.7 Å². The SMILES string of the molecule is CC(=O)NNC(=O)CN1CCCC1CO. The van der Waals surface area contributed by atoms with Crippen molar-refractivity contribution in [3.8, 4) is 0 Å². The first-order valence-electron chi connectivity index (χ1n) is 5.04. The van der Waals surface area contributed by atoms with Crippen LogP contribution in [0.5, 0.6) is 0 Å². The summed E-state index contributed by atoms with van der Waals surface area (Å²) in [6.45, 7) is 2.43. The van der Waals surface area contributed by atoms with E-state index in [0.717, 1.165) is 19.4 Å². The Morgan fingerprint density at radius 1 is 1.47 bits per heavy atom. The number of carbonyl (C=O) groups is 2. The molecule has 1 fully saturated rings. The van der Waals surface area contributed by atoms with Crippen LogP contribution in [0.1, 0.15) is 19.8 Å². The molecule has 0 aromatic rings. The van der Waals surface area contributed by atoms with Gasteiger partial charge in [-0.1, -0.05) is 0 Å².